The summed E-state index contributed by atoms with van der Waals surface area (Å²) < 4.78 is 28.3. The zero-order valence-electron chi connectivity index (χ0n) is 24.8. The summed E-state index contributed by atoms with van der Waals surface area (Å²) in [5.41, 5.74) is 6.74. The number of imidazole rings is 1. The van der Waals surface area contributed by atoms with Gasteiger partial charge in [-0.3, -0.25) is 4.57 Å². The van der Waals surface area contributed by atoms with Crippen LogP contribution < -0.4 is 5.73 Å². The number of rotatable bonds is 22. The van der Waals surface area contributed by atoms with E-state index in [1.54, 1.807) is 0 Å². The highest BCUT2D eigenvalue weighted by Gasteiger charge is 2.23. The van der Waals surface area contributed by atoms with E-state index in [-0.39, 0.29) is 25.8 Å². The van der Waals surface area contributed by atoms with Crippen molar-refractivity contribution in [1.29, 1.82) is 0 Å². The minimum atomic E-state index is -1.22. The van der Waals surface area contributed by atoms with Gasteiger partial charge in [-0.15, -0.1) is 11.8 Å². The average molecular weight is 598 g/mol. The van der Waals surface area contributed by atoms with Crippen molar-refractivity contribution in [3.63, 3.8) is 0 Å². The Morgan fingerprint density at radius 3 is 1.98 bits per heavy atom. The molecular formula is C28H47N5O7S. The predicted molar refractivity (Wildman–Crippen MR) is 158 cm³/mol. The first-order valence-electron chi connectivity index (χ1n) is 14.8. The Kier molecular flexibility index (Phi) is 17.6. The van der Waals surface area contributed by atoms with Crippen LogP contribution in [0.5, 0.6) is 0 Å². The Bertz CT molecular complexity index is 1020. The summed E-state index contributed by atoms with van der Waals surface area (Å²) in [6.07, 6.45) is 13.9. The second-order valence-corrected chi connectivity index (χ2v) is 10.4. The van der Waals surface area contributed by atoms with Crippen LogP contribution in [0.3, 0.4) is 0 Å². The van der Waals surface area contributed by atoms with Gasteiger partial charge < -0.3 is 29.4 Å². The zero-order valence-corrected chi connectivity index (χ0v) is 25.6. The van der Waals surface area contributed by atoms with Crippen molar-refractivity contribution in [2.24, 2.45) is 0 Å². The number of nitrogens with two attached hydrogens (primary N) is 1. The van der Waals surface area contributed by atoms with E-state index in [0.29, 0.717) is 29.2 Å². The van der Waals surface area contributed by atoms with Gasteiger partial charge in [0.25, 0.3) is 6.41 Å². The number of carbonyl (C=O) groups is 2. The molecule has 12 nitrogen and oxygen atoms in total. The largest absolute Gasteiger partial charge is 0.512 e. The Morgan fingerprint density at radius 1 is 0.805 bits per heavy atom. The van der Waals surface area contributed by atoms with Gasteiger partial charge in [-0.2, -0.15) is 4.98 Å². The first-order valence-corrected chi connectivity index (χ1v) is 16.0. The van der Waals surface area contributed by atoms with Crippen LogP contribution in [0.1, 0.15) is 104 Å². The third-order valence-corrected chi connectivity index (χ3v) is 6.90. The predicted octanol–water partition coefficient (Wildman–Crippen LogP) is 7.02. The number of thioether (sulfide) groups is 1. The van der Waals surface area contributed by atoms with Gasteiger partial charge in [0.2, 0.25) is 5.95 Å². The highest BCUT2D eigenvalue weighted by Crippen LogP contribution is 2.26. The molecule has 0 aliphatic carbocycles. The summed E-state index contributed by atoms with van der Waals surface area (Å²) in [5, 5.41) is 0.587. The molecule has 0 aliphatic rings. The van der Waals surface area contributed by atoms with Crippen LogP contribution in [0.15, 0.2) is 11.4 Å². The molecule has 41 heavy (non-hydrogen) atoms. The van der Waals surface area contributed by atoms with E-state index in [9.17, 15) is 9.59 Å². The van der Waals surface area contributed by atoms with Crippen molar-refractivity contribution < 1.29 is 33.3 Å². The number of nitrogens with zero attached hydrogens (tertiary/aromatic N) is 4. The molecule has 2 aromatic rings. The molecule has 0 saturated heterocycles. The van der Waals surface area contributed by atoms with E-state index < -0.39 is 18.7 Å². The summed E-state index contributed by atoms with van der Waals surface area (Å²) in [5.74, 6) is 0.0564. The second kappa shape index (κ2) is 21.0. The number of unbranched alkanes of at least 4 members (excludes halogenated alkanes) is 10. The monoisotopic (exact) mass is 597 g/mol. The SMILES string of the molecule is CCCCCCCCOC(=O)OCCCOC(OC(=O)OCCCCCCCC)n1cnc2c(SC)nc(N)nc21. The molecular weight excluding hydrogens is 550 g/mol. The number of aromatic nitrogens is 4. The molecule has 0 aromatic carbocycles. The summed E-state index contributed by atoms with van der Waals surface area (Å²) >= 11 is 1.37. The van der Waals surface area contributed by atoms with Gasteiger partial charge in [-0.05, 0) is 19.1 Å². The summed E-state index contributed by atoms with van der Waals surface area (Å²) in [6, 6.07) is 0. The molecule has 1 atom stereocenters. The van der Waals surface area contributed by atoms with Crippen molar-refractivity contribution in [2.75, 3.05) is 38.4 Å². The lowest BCUT2D eigenvalue weighted by molar-refractivity contribution is -0.168. The van der Waals surface area contributed by atoms with E-state index in [1.165, 1.54) is 61.2 Å². The van der Waals surface area contributed by atoms with Crippen LogP contribution in [-0.2, 0) is 23.7 Å². The van der Waals surface area contributed by atoms with E-state index in [0.717, 1.165) is 38.5 Å². The number of carbonyl (C=O) groups excluding carboxylic acids is 2. The molecule has 0 bridgehead atoms. The van der Waals surface area contributed by atoms with Gasteiger partial charge in [-0.25, -0.2) is 19.6 Å². The van der Waals surface area contributed by atoms with Crippen LogP contribution in [0.4, 0.5) is 15.5 Å². The van der Waals surface area contributed by atoms with Gasteiger partial charge >= 0.3 is 12.3 Å². The molecule has 0 spiro atoms. The number of fused-ring (bicyclic) bond motifs is 1. The van der Waals surface area contributed by atoms with Crippen LogP contribution in [0.25, 0.3) is 11.2 Å². The van der Waals surface area contributed by atoms with Gasteiger partial charge in [0, 0.05) is 6.42 Å². The number of anilines is 1. The number of nitrogen functional groups attached to an aromatic ring is 1. The lowest BCUT2D eigenvalue weighted by Gasteiger charge is -2.19. The molecule has 0 fully saturated rings. The van der Waals surface area contributed by atoms with Gasteiger partial charge in [0.05, 0.1) is 26.4 Å². The van der Waals surface area contributed by atoms with Crippen molar-refractivity contribution in [3.8, 4) is 0 Å². The lowest BCUT2D eigenvalue weighted by atomic mass is 10.1. The standard InChI is InChI=1S/C28H47N5O7S/c1-4-6-8-10-12-14-17-37-27(34)38-20-16-19-36-26(40-28(35)39-18-15-13-11-9-7-5-2)33-21-30-22-23(33)31-25(29)32-24(22)41-3/h21,26H,4-20H2,1-3H3,(H2,29,31,32). The summed E-state index contributed by atoms with van der Waals surface area (Å²) in [7, 11) is 0. The van der Waals surface area contributed by atoms with Crippen LogP contribution >= 0.6 is 11.8 Å². The molecule has 1 unspecified atom stereocenters. The summed E-state index contributed by atoms with van der Waals surface area (Å²) in [6.45, 7) is 5.13. The molecule has 0 amide bonds. The normalized spacial score (nSPS) is 11.9. The molecule has 2 aromatic heterocycles. The Hall–Kier alpha value is -2.80. The number of hydrogen-bond acceptors (Lipinski definition) is 12. The van der Waals surface area contributed by atoms with E-state index in [2.05, 4.69) is 28.8 Å². The molecule has 0 radical (unpaired) electrons. The lowest BCUT2D eigenvalue weighted by Crippen LogP contribution is -2.22. The van der Waals surface area contributed by atoms with E-state index >= 15 is 0 Å². The first-order chi connectivity index (χ1) is 20.0. The third kappa shape index (κ3) is 13.6. The fourth-order valence-corrected chi connectivity index (χ4v) is 4.53. The molecule has 13 heteroatoms. The van der Waals surface area contributed by atoms with Gasteiger partial charge in [-0.1, -0.05) is 78.1 Å². The van der Waals surface area contributed by atoms with Crippen molar-refractivity contribution in [1.82, 2.24) is 19.5 Å². The fraction of sp³-hybridized carbons (Fsp3) is 0.750. The maximum atomic E-state index is 12.5. The Labute approximate surface area is 247 Å². The quantitative estimate of drug-likeness (QED) is 0.0488. The Balaban J connectivity index is 1.85. The number of ether oxygens (including phenoxy) is 5. The van der Waals surface area contributed by atoms with Gasteiger partial charge in [0.1, 0.15) is 16.9 Å². The van der Waals surface area contributed by atoms with Crippen molar-refractivity contribution >= 4 is 41.2 Å². The van der Waals surface area contributed by atoms with Crippen LogP contribution in [0, 0.1) is 0 Å². The van der Waals surface area contributed by atoms with Gasteiger partial charge in [0.15, 0.2) is 5.65 Å². The smallest absolute Gasteiger partial charge is 0.434 e. The Morgan fingerprint density at radius 2 is 1.37 bits per heavy atom. The molecule has 0 saturated carbocycles. The molecule has 0 aliphatic heterocycles. The molecule has 2 heterocycles. The number of hydrogen-bond donors (Lipinski definition) is 1. The summed E-state index contributed by atoms with van der Waals surface area (Å²) in [4.78, 5) is 37.1. The minimum Gasteiger partial charge on any atom is -0.434 e. The van der Waals surface area contributed by atoms with E-state index in [1.807, 2.05) is 6.26 Å². The average Bonchev–Trinajstić information content (AvgIpc) is 3.38. The molecule has 232 valence electrons. The maximum Gasteiger partial charge on any atom is 0.512 e. The first kappa shape index (κ1) is 34.4. The second-order valence-electron chi connectivity index (χ2n) is 9.65. The highest BCUT2D eigenvalue weighted by molar-refractivity contribution is 7.98. The molecule has 2 N–H and O–H groups in total. The van der Waals surface area contributed by atoms with E-state index in [4.69, 9.17) is 29.4 Å². The van der Waals surface area contributed by atoms with Crippen molar-refractivity contribution in [2.45, 2.75) is 109 Å². The fourth-order valence-electron chi connectivity index (χ4n) is 4.01. The van der Waals surface area contributed by atoms with Crippen LogP contribution in [0.2, 0.25) is 0 Å². The topological polar surface area (TPSA) is 150 Å². The zero-order chi connectivity index (χ0) is 29.7. The van der Waals surface area contributed by atoms with Crippen molar-refractivity contribution in [3.05, 3.63) is 6.33 Å². The maximum absolute atomic E-state index is 12.5. The minimum absolute atomic E-state index is 0.0564. The molecule has 2 rings (SSSR count). The highest BCUT2D eigenvalue weighted by atomic mass is 32.2. The third-order valence-electron chi connectivity index (χ3n) is 6.23. The van der Waals surface area contributed by atoms with Crippen LogP contribution in [-0.4, -0.2) is 64.5 Å².